The highest BCUT2D eigenvalue weighted by molar-refractivity contribution is 8.01. The van der Waals surface area contributed by atoms with Crippen molar-refractivity contribution in [1.29, 1.82) is 0 Å². The second-order valence-corrected chi connectivity index (χ2v) is 4.63. The van der Waals surface area contributed by atoms with Crippen LogP contribution < -0.4 is 5.32 Å². The third-order valence-corrected chi connectivity index (χ3v) is 3.49. The molecular weight excluding hydrogens is 229 g/mol. The van der Waals surface area contributed by atoms with Gasteiger partial charge in [0, 0.05) is 17.9 Å². The number of Topliss-reactive ketones (excluding diaryl/α,β-unsaturated/α-hetero) is 1. The maximum Gasteiger partial charge on any atom is 0.241 e. The van der Waals surface area contributed by atoms with E-state index in [1.54, 1.807) is 0 Å². The number of halogens is 1. The van der Waals surface area contributed by atoms with Gasteiger partial charge in [0.2, 0.25) is 5.91 Å². The summed E-state index contributed by atoms with van der Waals surface area (Å²) in [5.74, 6) is -0.186. The minimum atomic E-state index is -0.695. The molecule has 0 saturated carbocycles. The van der Waals surface area contributed by atoms with E-state index in [0.717, 1.165) is 5.75 Å². The monoisotopic (exact) mass is 239 g/mol. The third kappa shape index (κ3) is 2.24. The van der Waals surface area contributed by atoms with Crippen molar-refractivity contribution in [2.45, 2.75) is 5.25 Å². The van der Waals surface area contributed by atoms with Crippen molar-refractivity contribution in [2.75, 3.05) is 12.3 Å². The molecule has 1 aliphatic rings. The molecule has 0 radical (unpaired) electrons. The highest BCUT2D eigenvalue weighted by Crippen LogP contribution is 2.19. The van der Waals surface area contributed by atoms with Crippen molar-refractivity contribution < 1.29 is 14.0 Å². The number of benzene rings is 1. The van der Waals surface area contributed by atoms with Gasteiger partial charge in [0.05, 0.1) is 0 Å². The molecule has 1 N–H and O–H groups in total. The first-order chi connectivity index (χ1) is 7.68. The minimum absolute atomic E-state index is 0.259. The van der Waals surface area contributed by atoms with Gasteiger partial charge in [-0.15, -0.1) is 11.8 Å². The predicted molar refractivity (Wildman–Crippen MR) is 60.0 cm³/mol. The fourth-order valence-corrected chi connectivity index (χ4v) is 2.46. The Morgan fingerprint density at radius 1 is 1.38 bits per heavy atom. The third-order valence-electron chi connectivity index (χ3n) is 2.29. The van der Waals surface area contributed by atoms with Crippen LogP contribution in [0.2, 0.25) is 0 Å². The van der Waals surface area contributed by atoms with E-state index in [1.807, 2.05) is 0 Å². The maximum absolute atomic E-state index is 12.7. The molecule has 1 unspecified atom stereocenters. The van der Waals surface area contributed by atoms with Gasteiger partial charge in [0.15, 0.2) is 5.78 Å². The Bertz CT molecular complexity index is 418. The second kappa shape index (κ2) is 4.65. The summed E-state index contributed by atoms with van der Waals surface area (Å²) in [6.07, 6.45) is 0. The predicted octanol–water partition coefficient (Wildman–Crippen LogP) is 1.24. The Morgan fingerprint density at radius 3 is 2.69 bits per heavy atom. The fourth-order valence-electron chi connectivity index (χ4n) is 1.48. The normalized spacial score (nSPS) is 20.3. The first-order valence-corrected chi connectivity index (χ1v) is 5.92. The van der Waals surface area contributed by atoms with Crippen molar-refractivity contribution in [1.82, 2.24) is 5.32 Å². The molecule has 2 rings (SSSR count). The summed E-state index contributed by atoms with van der Waals surface area (Å²) < 4.78 is 12.7. The molecule has 1 saturated heterocycles. The molecule has 0 spiro atoms. The van der Waals surface area contributed by atoms with Gasteiger partial charge in [-0.3, -0.25) is 9.59 Å². The number of rotatable bonds is 2. The zero-order valence-electron chi connectivity index (χ0n) is 8.40. The number of hydrogen-bond acceptors (Lipinski definition) is 3. The van der Waals surface area contributed by atoms with Crippen molar-refractivity contribution >= 4 is 23.5 Å². The van der Waals surface area contributed by atoms with E-state index in [2.05, 4.69) is 5.32 Å². The molecule has 0 bridgehead atoms. The number of hydrogen-bond donors (Lipinski definition) is 1. The van der Waals surface area contributed by atoms with Crippen LogP contribution in [-0.4, -0.2) is 29.2 Å². The SMILES string of the molecule is O=C1NCCSC1C(=O)c1ccc(F)cc1. The Balaban J connectivity index is 2.17. The van der Waals surface area contributed by atoms with Crippen LogP contribution in [0.5, 0.6) is 0 Å². The lowest BCUT2D eigenvalue weighted by Gasteiger charge is -2.20. The van der Waals surface area contributed by atoms with E-state index >= 15 is 0 Å². The summed E-state index contributed by atoms with van der Waals surface area (Å²) in [4.78, 5) is 23.4. The molecule has 1 heterocycles. The van der Waals surface area contributed by atoms with Crippen LogP contribution in [0.3, 0.4) is 0 Å². The van der Waals surface area contributed by atoms with Crippen LogP contribution in [0.25, 0.3) is 0 Å². The number of amides is 1. The van der Waals surface area contributed by atoms with Crippen LogP contribution in [0.15, 0.2) is 24.3 Å². The molecule has 1 aromatic carbocycles. The van der Waals surface area contributed by atoms with Gasteiger partial charge in [0.1, 0.15) is 11.1 Å². The minimum Gasteiger partial charge on any atom is -0.354 e. The Morgan fingerprint density at radius 2 is 2.06 bits per heavy atom. The van der Waals surface area contributed by atoms with Crippen LogP contribution >= 0.6 is 11.8 Å². The number of thioether (sulfide) groups is 1. The van der Waals surface area contributed by atoms with Gasteiger partial charge in [-0.05, 0) is 24.3 Å². The Kier molecular flexibility index (Phi) is 3.24. The lowest BCUT2D eigenvalue weighted by molar-refractivity contribution is -0.119. The quantitative estimate of drug-likeness (QED) is 0.624. The van der Waals surface area contributed by atoms with E-state index in [1.165, 1.54) is 36.0 Å². The number of nitrogens with one attached hydrogen (secondary N) is 1. The first kappa shape index (κ1) is 11.1. The molecule has 1 aromatic rings. The van der Waals surface area contributed by atoms with Crippen LogP contribution in [0.4, 0.5) is 4.39 Å². The van der Waals surface area contributed by atoms with Gasteiger partial charge >= 0.3 is 0 Å². The van der Waals surface area contributed by atoms with Crippen molar-refractivity contribution in [3.63, 3.8) is 0 Å². The smallest absolute Gasteiger partial charge is 0.241 e. The summed E-state index contributed by atoms with van der Waals surface area (Å²) in [5.41, 5.74) is 0.371. The lowest BCUT2D eigenvalue weighted by Crippen LogP contribution is -2.43. The van der Waals surface area contributed by atoms with Crippen molar-refractivity contribution in [3.05, 3.63) is 35.6 Å². The van der Waals surface area contributed by atoms with Crippen LogP contribution in [0.1, 0.15) is 10.4 Å². The van der Waals surface area contributed by atoms with Crippen molar-refractivity contribution in [2.24, 2.45) is 0 Å². The van der Waals surface area contributed by atoms with Crippen molar-refractivity contribution in [3.8, 4) is 0 Å². The summed E-state index contributed by atoms with van der Waals surface area (Å²) >= 11 is 1.32. The molecule has 0 aromatic heterocycles. The number of carbonyl (C=O) groups is 2. The second-order valence-electron chi connectivity index (χ2n) is 3.41. The van der Waals surface area contributed by atoms with Crippen LogP contribution in [-0.2, 0) is 4.79 Å². The summed E-state index contributed by atoms with van der Waals surface area (Å²) in [6.45, 7) is 0.594. The fraction of sp³-hybridized carbons (Fsp3) is 0.273. The Labute approximate surface area is 96.4 Å². The standard InChI is InChI=1S/C11H10FNO2S/c12-8-3-1-7(2-4-8)9(14)10-11(15)13-5-6-16-10/h1-4,10H,5-6H2,(H,13,15). The highest BCUT2D eigenvalue weighted by atomic mass is 32.2. The van der Waals surface area contributed by atoms with Gasteiger partial charge in [-0.25, -0.2) is 4.39 Å². The van der Waals surface area contributed by atoms with Gasteiger partial charge in [-0.1, -0.05) is 0 Å². The summed E-state index contributed by atoms with van der Waals surface area (Å²) in [7, 11) is 0. The van der Waals surface area contributed by atoms with Crippen LogP contribution in [0, 0.1) is 5.82 Å². The van der Waals surface area contributed by atoms with E-state index in [0.29, 0.717) is 12.1 Å². The summed E-state index contributed by atoms with van der Waals surface area (Å²) in [6, 6.07) is 5.25. The topological polar surface area (TPSA) is 46.2 Å². The van der Waals surface area contributed by atoms with E-state index < -0.39 is 11.1 Å². The summed E-state index contributed by atoms with van der Waals surface area (Å²) in [5, 5.41) is 1.94. The molecule has 1 atom stereocenters. The van der Waals surface area contributed by atoms with Gasteiger partial charge < -0.3 is 5.32 Å². The average molecular weight is 239 g/mol. The molecular formula is C11H10FNO2S. The first-order valence-electron chi connectivity index (χ1n) is 4.87. The molecule has 84 valence electrons. The lowest BCUT2D eigenvalue weighted by atomic mass is 10.1. The average Bonchev–Trinajstić information content (AvgIpc) is 2.30. The molecule has 1 amide bonds. The maximum atomic E-state index is 12.7. The molecule has 5 heteroatoms. The molecule has 0 aliphatic carbocycles. The number of carbonyl (C=O) groups excluding carboxylic acids is 2. The van der Waals surface area contributed by atoms with E-state index in [9.17, 15) is 14.0 Å². The molecule has 3 nitrogen and oxygen atoms in total. The molecule has 16 heavy (non-hydrogen) atoms. The number of ketones is 1. The zero-order valence-corrected chi connectivity index (χ0v) is 9.22. The highest BCUT2D eigenvalue weighted by Gasteiger charge is 2.30. The van der Waals surface area contributed by atoms with Gasteiger partial charge in [0.25, 0.3) is 0 Å². The van der Waals surface area contributed by atoms with E-state index in [-0.39, 0.29) is 11.7 Å². The zero-order chi connectivity index (χ0) is 11.5. The largest absolute Gasteiger partial charge is 0.354 e. The molecule has 1 fully saturated rings. The van der Waals surface area contributed by atoms with Gasteiger partial charge in [-0.2, -0.15) is 0 Å². The molecule has 1 aliphatic heterocycles. The Hall–Kier alpha value is -1.36. The van der Waals surface area contributed by atoms with E-state index in [4.69, 9.17) is 0 Å².